The topological polar surface area (TPSA) is 120 Å². The van der Waals surface area contributed by atoms with Crippen molar-refractivity contribution in [3.63, 3.8) is 0 Å². The standard InChI is InChI=1S/C34H32Cl2N4O5/c35-23-3-8-27(9-4-23)45-34(43)40-17-13-28-29-19-24(36)5-10-30(29)39-31(28)32(40)21-1-6-26(7-2-21)44-18-14-25(41)20-38-33(42)22-11-15-37-16-12-22/h1-12,15-16,19,25,32,34,39,41,43H,13-14,17-18,20H2,(H,38,42). The van der Waals surface area contributed by atoms with Crippen molar-refractivity contribution in [2.75, 3.05) is 19.7 Å². The smallest absolute Gasteiger partial charge is 0.260 e. The van der Waals surface area contributed by atoms with E-state index in [-0.39, 0.29) is 25.1 Å². The van der Waals surface area contributed by atoms with Crippen molar-refractivity contribution in [2.45, 2.75) is 31.4 Å². The highest BCUT2D eigenvalue weighted by molar-refractivity contribution is 6.31. The maximum atomic E-state index is 12.2. The molecule has 0 radical (unpaired) electrons. The maximum Gasteiger partial charge on any atom is 0.260 e. The molecule has 0 fully saturated rings. The number of halogens is 2. The first kappa shape index (κ1) is 30.9. The van der Waals surface area contributed by atoms with Crippen molar-refractivity contribution in [2.24, 2.45) is 0 Å². The molecule has 5 aromatic rings. The number of benzene rings is 3. The molecule has 1 aliphatic heterocycles. The van der Waals surface area contributed by atoms with Crippen LogP contribution in [0.5, 0.6) is 11.5 Å². The van der Waals surface area contributed by atoms with Gasteiger partial charge < -0.3 is 30.0 Å². The number of hydrogen-bond acceptors (Lipinski definition) is 7. The van der Waals surface area contributed by atoms with E-state index in [9.17, 15) is 15.0 Å². The average molecular weight is 648 g/mol. The SMILES string of the molecule is O=C(NCC(O)CCOc1ccc(C2c3[nH]c4ccc(Cl)cc4c3CCN2C(O)Oc2ccc(Cl)cc2)cc1)c1ccncc1. The fraction of sp³-hybridized carbons (Fsp3) is 0.235. The Morgan fingerprint density at radius 3 is 2.44 bits per heavy atom. The van der Waals surface area contributed by atoms with Gasteiger partial charge >= 0.3 is 0 Å². The lowest BCUT2D eigenvalue weighted by atomic mass is 9.92. The van der Waals surface area contributed by atoms with Crippen LogP contribution in [0, 0.1) is 0 Å². The molecule has 3 unspecified atom stereocenters. The van der Waals surface area contributed by atoms with Crippen LogP contribution in [0.3, 0.4) is 0 Å². The number of hydrogen-bond donors (Lipinski definition) is 4. The van der Waals surface area contributed by atoms with Gasteiger partial charge in [0.1, 0.15) is 11.5 Å². The first-order chi connectivity index (χ1) is 21.9. The molecule has 0 aliphatic carbocycles. The monoisotopic (exact) mass is 646 g/mol. The van der Waals surface area contributed by atoms with Crippen LogP contribution in [0.25, 0.3) is 10.9 Å². The van der Waals surface area contributed by atoms with E-state index in [2.05, 4.69) is 15.3 Å². The molecule has 45 heavy (non-hydrogen) atoms. The normalized spacial score (nSPS) is 16.1. The number of pyridine rings is 1. The largest absolute Gasteiger partial charge is 0.493 e. The third kappa shape index (κ3) is 7.24. The van der Waals surface area contributed by atoms with Crippen LogP contribution in [0.4, 0.5) is 0 Å². The summed E-state index contributed by atoms with van der Waals surface area (Å²) in [5, 5.41) is 26.7. The minimum atomic E-state index is -1.23. The number of amides is 1. The average Bonchev–Trinajstić information content (AvgIpc) is 3.43. The van der Waals surface area contributed by atoms with E-state index in [0.717, 1.165) is 27.7 Å². The Bertz CT molecular complexity index is 1750. The second-order valence-electron chi connectivity index (χ2n) is 10.8. The van der Waals surface area contributed by atoms with Gasteiger partial charge in [0, 0.05) is 64.1 Å². The van der Waals surface area contributed by atoms with Crippen molar-refractivity contribution >= 4 is 40.0 Å². The summed E-state index contributed by atoms with van der Waals surface area (Å²) in [6, 6.07) is 23.2. The fourth-order valence-electron chi connectivity index (χ4n) is 5.56. The van der Waals surface area contributed by atoms with Gasteiger partial charge in [-0.3, -0.25) is 9.78 Å². The van der Waals surface area contributed by atoms with Crippen LogP contribution in [0.1, 0.15) is 39.6 Å². The lowest BCUT2D eigenvalue weighted by Gasteiger charge is -2.38. The number of aromatic nitrogens is 2. The highest BCUT2D eigenvalue weighted by Gasteiger charge is 2.36. The number of fused-ring (bicyclic) bond motifs is 3. The summed E-state index contributed by atoms with van der Waals surface area (Å²) >= 11 is 12.4. The molecule has 232 valence electrons. The fourth-order valence-corrected chi connectivity index (χ4v) is 5.85. The third-order valence-electron chi connectivity index (χ3n) is 7.82. The number of nitrogens with zero attached hydrogens (tertiary/aromatic N) is 2. The van der Waals surface area contributed by atoms with Gasteiger partial charge in [-0.25, -0.2) is 4.90 Å². The van der Waals surface area contributed by atoms with Crippen LogP contribution in [0.2, 0.25) is 10.0 Å². The van der Waals surface area contributed by atoms with E-state index >= 15 is 0 Å². The van der Waals surface area contributed by atoms with Gasteiger partial charge in [-0.2, -0.15) is 0 Å². The summed E-state index contributed by atoms with van der Waals surface area (Å²) in [5.74, 6) is 0.869. The number of rotatable bonds is 11. The van der Waals surface area contributed by atoms with Gasteiger partial charge in [0.25, 0.3) is 12.3 Å². The second kappa shape index (κ2) is 13.9. The van der Waals surface area contributed by atoms with Crippen molar-refractivity contribution in [1.82, 2.24) is 20.2 Å². The number of carbonyl (C=O) groups is 1. The number of carbonyl (C=O) groups excluding carboxylic acids is 1. The van der Waals surface area contributed by atoms with E-state index in [0.29, 0.717) is 46.5 Å². The number of aromatic amines is 1. The minimum absolute atomic E-state index is 0.111. The molecule has 3 heterocycles. The molecule has 4 N–H and O–H groups in total. The molecule has 9 nitrogen and oxygen atoms in total. The second-order valence-corrected chi connectivity index (χ2v) is 11.7. The van der Waals surface area contributed by atoms with Crippen LogP contribution in [-0.4, -0.2) is 63.2 Å². The Morgan fingerprint density at radius 1 is 0.978 bits per heavy atom. The van der Waals surface area contributed by atoms with Gasteiger partial charge in [-0.15, -0.1) is 0 Å². The van der Waals surface area contributed by atoms with Crippen LogP contribution in [-0.2, 0) is 6.42 Å². The van der Waals surface area contributed by atoms with Gasteiger partial charge in [0.2, 0.25) is 0 Å². The molecule has 0 bridgehead atoms. The molecule has 0 spiro atoms. The molecule has 0 saturated heterocycles. The molecular formula is C34H32Cl2N4O5. The molecule has 3 aromatic carbocycles. The summed E-state index contributed by atoms with van der Waals surface area (Å²) in [6.45, 7) is 0.918. The Balaban J connectivity index is 1.15. The van der Waals surface area contributed by atoms with Crippen molar-refractivity contribution in [3.8, 4) is 11.5 Å². The highest BCUT2D eigenvalue weighted by atomic mass is 35.5. The highest BCUT2D eigenvalue weighted by Crippen LogP contribution is 2.40. The van der Waals surface area contributed by atoms with E-state index < -0.39 is 12.5 Å². The van der Waals surface area contributed by atoms with Crippen molar-refractivity contribution < 1.29 is 24.5 Å². The lowest BCUT2D eigenvalue weighted by Crippen LogP contribution is -2.46. The van der Waals surface area contributed by atoms with Gasteiger partial charge in [-0.05, 0) is 84.3 Å². The van der Waals surface area contributed by atoms with Gasteiger partial charge in [0.05, 0.1) is 18.8 Å². The summed E-state index contributed by atoms with van der Waals surface area (Å²) in [6.07, 6.45) is 2.13. The van der Waals surface area contributed by atoms with Crippen LogP contribution < -0.4 is 14.8 Å². The van der Waals surface area contributed by atoms with Gasteiger partial charge in [-0.1, -0.05) is 35.3 Å². The lowest BCUT2D eigenvalue weighted by molar-refractivity contribution is -0.150. The molecule has 1 amide bonds. The molecule has 11 heteroatoms. The van der Waals surface area contributed by atoms with Crippen molar-refractivity contribution in [3.05, 3.63) is 124 Å². The summed E-state index contributed by atoms with van der Waals surface area (Å²) < 4.78 is 11.8. The first-order valence-corrected chi connectivity index (χ1v) is 15.4. The molecule has 2 aromatic heterocycles. The minimum Gasteiger partial charge on any atom is -0.493 e. The summed E-state index contributed by atoms with van der Waals surface area (Å²) in [5.41, 5.74) is 4.50. The number of aliphatic hydroxyl groups excluding tert-OH is 2. The van der Waals surface area contributed by atoms with E-state index in [1.165, 1.54) is 0 Å². The van der Waals surface area contributed by atoms with E-state index in [4.69, 9.17) is 32.7 Å². The third-order valence-corrected chi connectivity index (χ3v) is 8.31. The maximum absolute atomic E-state index is 12.2. The molecule has 3 atom stereocenters. The molecule has 0 saturated carbocycles. The molecule has 6 rings (SSSR count). The number of ether oxygens (including phenoxy) is 2. The van der Waals surface area contributed by atoms with Crippen molar-refractivity contribution in [1.29, 1.82) is 0 Å². The number of H-pyrrole nitrogens is 1. The number of nitrogens with one attached hydrogen (secondary N) is 2. The van der Waals surface area contributed by atoms with Crippen LogP contribution >= 0.6 is 23.2 Å². The predicted octanol–water partition coefficient (Wildman–Crippen LogP) is 5.73. The quantitative estimate of drug-likeness (QED) is 0.135. The Labute approximate surface area is 270 Å². The van der Waals surface area contributed by atoms with E-state index in [1.54, 1.807) is 48.8 Å². The van der Waals surface area contributed by atoms with Crippen LogP contribution in [0.15, 0.2) is 91.3 Å². The zero-order valence-electron chi connectivity index (χ0n) is 24.2. The summed E-state index contributed by atoms with van der Waals surface area (Å²) in [7, 11) is 0. The van der Waals surface area contributed by atoms with Gasteiger partial charge in [0.15, 0.2) is 0 Å². The Kier molecular flexibility index (Phi) is 9.53. The summed E-state index contributed by atoms with van der Waals surface area (Å²) in [4.78, 5) is 21.6. The zero-order chi connectivity index (χ0) is 31.3. The first-order valence-electron chi connectivity index (χ1n) is 14.6. The Hall–Kier alpha value is -4.12. The zero-order valence-corrected chi connectivity index (χ0v) is 25.7. The Morgan fingerprint density at radius 2 is 1.69 bits per heavy atom. The van der Waals surface area contributed by atoms with E-state index in [1.807, 2.05) is 47.4 Å². The molecule has 1 aliphatic rings. The predicted molar refractivity (Wildman–Crippen MR) is 173 cm³/mol. The molecular weight excluding hydrogens is 615 g/mol. The number of aliphatic hydroxyl groups is 2.